The van der Waals surface area contributed by atoms with Crippen LogP contribution in [0.2, 0.25) is 0 Å². The first kappa shape index (κ1) is 21.9. The van der Waals surface area contributed by atoms with Crippen molar-refractivity contribution in [1.82, 2.24) is 4.98 Å². The molecule has 30 heavy (non-hydrogen) atoms. The highest BCUT2D eigenvalue weighted by atomic mass is 16.6. The number of ketones is 1. The number of aromatic amines is 1. The van der Waals surface area contributed by atoms with Crippen molar-refractivity contribution in [2.45, 2.75) is 39.0 Å². The molecular weight excluding hydrogens is 386 g/mol. The molecule has 2 aromatic rings. The summed E-state index contributed by atoms with van der Waals surface area (Å²) < 4.78 is 21.5. The zero-order chi connectivity index (χ0) is 21.7. The zero-order valence-corrected chi connectivity index (χ0v) is 18.0. The van der Waals surface area contributed by atoms with Crippen LogP contribution in [0.15, 0.2) is 18.2 Å². The van der Waals surface area contributed by atoms with Gasteiger partial charge in [-0.15, -0.1) is 0 Å². The molecule has 0 saturated carbocycles. The highest BCUT2D eigenvalue weighted by Gasteiger charge is 2.33. The van der Waals surface area contributed by atoms with E-state index in [1.165, 1.54) is 0 Å². The molecule has 1 atom stereocenters. The molecule has 0 saturated heterocycles. The predicted molar refractivity (Wildman–Crippen MR) is 112 cm³/mol. The minimum Gasteiger partial charge on any atom is -0.497 e. The van der Waals surface area contributed by atoms with Crippen LogP contribution in [0.1, 0.15) is 63.4 Å². The molecule has 1 aliphatic rings. The molecule has 1 heterocycles. The number of fused-ring (bicyclic) bond motifs is 1. The van der Waals surface area contributed by atoms with Crippen molar-refractivity contribution in [3.05, 3.63) is 46.3 Å². The number of carbonyl (C=O) groups excluding carboxylic acids is 2. The lowest BCUT2D eigenvalue weighted by Crippen LogP contribution is -2.19. The fraction of sp³-hybridized carbons (Fsp3) is 0.478. The van der Waals surface area contributed by atoms with Crippen molar-refractivity contribution in [3.63, 3.8) is 0 Å². The summed E-state index contributed by atoms with van der Waals surface area (Å²) in [5.41, 5.74) is 3.25. The molecule has 0 radical (unpaired) electrons. The maximum Gasteiger partial charge on any atom is 0.355 e. The second kappa shape index (κ2) is 9.80. The molecule has 1 aromatic heterocycles. The third kappa shape index (κ3) is 4.51. The van der Waals surface area contributed by atoms with Gasteiger partial charge in [-0.05, 0) is 43.5 Å². The summed E-state index contributed by atoms with van der Waals surface area (Å²) in [5, 5.41) is 0. The highest BCUT2D eigenvalue weighted by molar-refractivity contribution is 6.03. The third-order valence-corrected chi connectivity index (χ3v) is 5.38. The van der Waals surface area contributed by atoms with Crippen molar-refractivity contribution < 1.29 is 28.5 Å². The molecule has 0 aliphatic heterocycles. The third-order valence-electron chi connectivity index (χ3n) is 5.38. The molecule has 0 spiro atoms. The summed E-state index contributed by atoms with van der Waals surface area (Å²) >= 11 is 0. The number of H-pyrrole nitrogens is 1. The number of benzene rings is 1. The summed E-state index contributed by atoms with van der Waals surface area (Å²) in [6, 6.07) is 5.58. The Labute approximate surface area is 176 Å². The van der Waals surface area contributed by atoms with Crippen molar-refractivity contribution in [2.24, 2.45) is 0 Å². The lowest BCUT2D eigenvalue weighted by molar-refractivity contribution is 0.0312. The van der Waals surface area contributed by atoms with Crippen molar-refractivity contribution in [1.29, 1.82) is 0 Å². The Balaban J connectivity index is 1.80. The van der Waals surface area contributed by atoms with Gasteiger partial charge in [0.05, 0.1) is 20.8 Å². The Hall–Kier alpha value is -2.80. The van der Waals surface area contributed by atoms with E-state index in [9.17, 15) is 9.59 Å². The molecule has 1 N–H and O–H groups in total. The number of hydrogen-bond acceptors (Lipinski definition) is 6. The van der Waals surface area contributed by atoms with Gasteiger partial charge in [0.1, 0.15) is 23.8 Å². The first-order chi connectivity index (χ1) is 14.5. The minimum atomic E-state index is -0.467. The van der Waals surface area contributed by atoms with Gasteiger partial charge >= 0.3 is 5.97 Å². The van der Waals surface area contributed by atoms with Gasteiger partial charge in [-0.25, -0.2) is 4.79 Å². The summed E-state index contributed by atoms with van der Waals surface area (Å²) in [7, 11) is 3.22. The number of aromatic nitrogens is 1. The average molecular weight is 415 g/mol. The minimum absolute atomic E-state index is 0.00482. The van der Waals surface area contributed by atoms with E-state index in [1.54, 1.807) is 21.1 Å². The van der Waals surface area contributed by atoms with Gasteiger partial charge < -0.3 is 23.9 Å². The van der Waals surface area contributed by atoms with E-state index in [0.717, 1.165) is 17.7 Å². The Morgan fingerprint density at radius 2 is 1.93 bits per heavy atom. The van der Waals surface area contributed by atoms with E-state index in [-0.39, 0.29) is 18.3 Å². The first-order valence-electron chi connectivity index (χ1n) is 10.2. The standard InChI is InChI=1S/C23H29NO6/c1-5-8-29-9-10-30-23(26)22-14(2)21-18(24-22)11-15(12-19(21)25)17-13-16(27-3)6-7-20(17)28-4/h6-7,13,15,24H,5,8-12H2,1-4H3/t15-/m1/s1. The Bertz CT molecular complexity index is 917. The maximum absolute atomic E-state index is 12.9. The van der Waals surface area contributed by atoms with Crippen LogP contribution in [0.25, 0.3) is 0 Å². The number of rotatable bonds is 9. The van der Waals surface area contributed by atoms with Crippen LogP contribution in [0.3, 0.4) is 0 Å². The Morgan fingerprint density at radius 3 is 2.63 bits per heavy atom. The molecular formula is C23H29NO6. The largest absolute Gasteiger partial charge is 0.497 e. The van der Waals surface area contributed by atoms with Crippen LogP contribution in [-0.2, 0) is 15.9 Å². The van der Waals surface area contributed by atoms with Crippen molar-refractivity contribution >= 4 is 11.8 Å². The van der Waals surface area contributed by atoms with E-state index in [2.05, 4.69) is 4.98 Å². The van der Waals surface area contributed by atoms with Crippen LogP contribution in [-0.4, -0.2) is 50.8 Å². The quantitative estimate of drug-likeness (QED) is 0.495. The van der Waals surface area contributed by atoms with E-state index < -0.39 is 5.97 Å². The summed E-state index contributed by atoms with van der Waals surface area (Å²) in [6.07, 6.45) is 1.85. The van der Waals surface area contributed by atoms with Crippen LogP contribution in [0, 0.1) is 6.92 Å². The fourth-order valence-corrected chi connectivity index (χ4v) is 3.93. The zero-order valence-electron chi connectivity index (χ0n) is 18.0. The molecule has 162 valence electrons. The first-order valence-corrected chi connectivity index (χ1v) is 10.2. The highest BCUT2D eigenvalue weighted by Crippen LogP contribution is 2.40. The Kier molecular flexibility index (Phi) is 7.15. The molecule has 7 heteroatoms. The lowest BCUT2D eigenvalue weighted by atomic mass is 9.81. The van der Waals surface area contributed by atoms with Gasteiger partial charge in [0.25, 0.3) is 0 Å². The van der Waals surface area contributed by atoms with E-state index >= 15 is 0 Å². The van der Waals surface area contributed by atoms with Crippen LogP contribution in [0.4, 0.5) is 0 Å². The second-order valence-corrected chi connectivity index (χ2v) is 7.36. The number of carbonyl (C=O) groups is 2. The molecule has 1 aliphatic carbocycles. The van der Waals surface area contributed by atoms with E-state index in [1.807, 2.05) is 25.1 Å². The van der Waals surface area contributed by atoms with Crippen molar-refractivity contribution in [2.75, 3.05) is 34.0 Å². The van der Waals surface area contributed by atoms with Crippen molar-refractivity contribution in [3.8, 4) is 11.5 Å². The number of hydrogen-bond donors (Lipinski definition) is 1. The maximum atomic E-state index is 12.9. The number of ether oxygens (including phenoxy) is 4. The van der Waals surface area contributed by atoms with Gasteiger partial charge in [-0.1, -0.05) is 6.92 Å². The predicted octanol–water partition coefficient (Wildman–Crippen LogP) is 3.84. The molecule has 3 rings (SSSR count). The SMILES string of the molecule is CCCOCCOC(=O)c1[nH]c2c(c1C)C(=O)C[C@H](c1cc(OC)ccc1OC)C2. The molecule has 7 nitrogen and oxygen atoms in total. The van der Waals surface area contributed by atoms with Gasteiger partial charge in [-0.3, -0.25) is 4.79 Å². The van der Waals surface area contributed by atoms with E-state index in [4.69, 9.17) is 18.9 Å². The molecule has 0 unspecified atom stereocenters. The number of esters is 1. The Morgan fingerprint density at radius 1 is 1.13 bits per heavy atom. The second-order valence-electron chi connectivity index (χ2n) is 7.36. The molecule has 0 bridgehead atoms. The van der Waals surface area contributed by atoms with Gasteiger partial charge in [0.15, 0.2) is 5.78 Å². The summed E-state index contributed by atoms with van der Waals surface area (Å²) in [5.74, 6) is 0.892. The fourth-order valence-electron chi connectivity index (χ4n) is 3.93. The smallest absolute Gasteiger partial charge is 0.355 e. The lowest BCUT2D eigenvalue weighted by Gasteiger charge is -2.24. The van der Waals surface area contributed by atoms with Gasteiger partial charge in [-0.2, -0.15) is 0 Å². The topological polar surface area (TPSA) is 86.9 Å². The van der Waals surface area contributed by atoms with Gasteiger partial charge in [0, 0.05) is 35.8 Å². The molecule has 0 fully saturated rings. The van der Waals surface area contributed by atoms with Crippen LogP contribution < -0.4 is 9.47 Å². The van der Waals surface area contributed by atoms with Gasteiger partial charge in [0.2, 0.25) is 0 Å². The average Bonchev–Trinajstić information content (AvgIpc) is 3.09. The van der Waals surface area contributed by atoms with E-state index in [0.29, 0.717) is 54.4 Å². The summed E-state index contributed by atoms with van der Waals surface area (Å²) in [4.78, 5) is 28.6. The summed E-state index contributed by atoms with van der Waals surface area (Å²) in [6.45, 7) is 4.97. The van der Waals surface area contributed by atoms with Crippen LogP contribution in [0.5, 0.6) is 11.5 Å². The number of methoxy groups -OCH3 is 2. The number of Topliss-reactive ketones (excluding diaryl/α,β-unsaturated/α-hetero) is 1. The normalized spacial score (nSPS) is 15.6. The number of nitrogens with one attached hydrogen (secondary N) is 1. The monoisotopic (exact) mass is 415 g/mol. The molecule has 0 amide bonds. The van der Waals surface area contributed by atoms with Crippen LogP contribution >= 0.6 is 0 Å². The molecule has 1 aromatic carbocycles.